The topological polar surface area (TPSA) is 113 Å². The molecule has 4 amide bonds. The van der Waals surface area contributed by atoms with Crippen molar-refractivity contribution in [3.63, 3.8) is 0 Å². The number of rotatable bonds is 5. The molecule has 8 nitrogen and oxygen atoms in total. The number of ether oxygens (including phenoxy) is 1. The van der Waals surface area contributed by atoms with Gasteiger partial charge in [0.2, 0.25) is 0 Å². The number of nitrogens with zero attached hydrogens (tertiary/aromatic N) is 1. The van der Waals surface area contributed by atoms with E-state index in [0.717, 1.165) is 4.90 Å². The smallest absolute Gasteiger partial charge is 0.344 e. The van der Waals surface area contributed by atoms with Crippen molar-refractivity contribution in [1.29, 1.82) is 0 Å². The Kier molecular flexibility index (Phi) is 5.79. The second kappa shape index (κ2) is 8.27. The molecule has 29 heavy (non-hydrogen) atoms. The maximum Gasteiger partial charge on any atom is 0.344 e. The zero-order chi connectivity index (χ0) is 21.1. The normalized spacial score (nSPS) is 16.6. The molecule has 2 aromatic rings. The minimum Gasteiger partial charge on any atom is -0.479 e. The van der Waals surface area contributed by atoms with Gasteiger partial charge in [-0.15, -0.1) is 0 Å². The quantitative estimate of drug-likeness (QED) is 0.525. The molecule has 1 heterocycles. The van der Waals surface area contributed by atoms with E-state index in [9.17, 15) is 19.2 Å². The van der Waals surface area contributed by atoms with Gasteiger partial charge in [0.25, 0.3) is 11.8 Å². The number of anilines is 1. The van der Waals surface area contributed by atoms with Crippen LogP contribution in [0.25, 0.3) is 6.08 Å². The predicted octanol–water partition coefficient (Wildman–Crippen LogP) is 2.97. The fourth-order valence-corrected chi connectivity index (χ4v) is 3.00. The van der Waals surface area contributed by atoms with Crippen LogP contribution in [-0.4, -0.2) is 35.0 Å². The first-order valence-corrected chi connectivity index (χ1v) is 9.22. The molecule has 1 aliphatic heterocycles. The number of carboxylic acid groups (broad SMARTS) is 1. The number of urea groups is 1. The van der Waals surface area contributed by atoms with E-state index in [1.807, 2.05) is 0 Å². The third-order valence-electron chi connectivity index (χ3n) is 4.04. The number of benzene rings is 2. The van der Waals surface area contributed by atoms with Gasteiger partial charge in [0, 0.05) is 10.0 Å². The van der Waals surface area contributed by atoms with E-state index in [0.29, 0.717) is 10.0 Å². The number of imide groups is 2. The van der Waals surface area contributed by atoms with Crippen LogP contribution >= 0.6 is 15.9 Å². The van der Waals surface area contributed by atoms with Crippen molar-refractivity contribution in [3.05, 3.63) is 64.1 Å². The molecule has 0 radical (unpaired) electrons. The lowest BCUT2D eigenvalue weighted by molar-refractivity contribution is -0.144. The number of nitrogens with one attached hydrogen (secondary N) is 1. The summed E-state index contributed by atoms with van der Waals surface area (Å²) in [5.41, 5.74) is 0.315. The average molecular weight is 459 g/mol. The Balaban J connectivity index is 2.01. The third-order valence-corrected chi connectivity index (χ3v) is 4.53. The summed E-state index contributed by atoms with van der Waals surface area (Å²) in [6.07, 6.45) is 0.129. The van der Waals surface area contributed by atoms with Gasteiger partial charge in [-0.05, 0) is 37.3 Å². The minimum absolute atomic E-state index is 0.182. The third kappa shape index (κ3) is 4.35. The SMILES string of the molecule is C[C@@H](Oc1ccccc1/C=C1\C(=O)NC(=O)N(c2cccc(Br)c2)C1=O)C(=O)O. The highest BCUT2D eigenvalue weighted by Gasteiger charge is 2.37. The molecule has 1 saturated heterocycles. The van der Waals surface area contributed by atoms with Crippen molar-refractivity contribution >= 4 is 51.5 Å². The highest BCUT2D eigenvalue weighted by atomic mass is 79.9. The van der Waals surface area contributed by atoms with Gasteiger partial charge < -0.3 is 9.84 Å². The monoisotopic (exact) mass is 458 g/mol. The number of carbonyl (C=O) groups is 4. The first kappa shape index (κ1) is 20.3. The first-order valence-electron chi connectivity index (χ1n) is 8.43. The Morgan fingerprint density at radius 3 is 2.59 bits per heavy atom. The van der Waals surface area contributed by atoms with Crippen LogP contribution in [0.3, 0.4) is 0 Å². The van der Waals surface area contributed by atoms with Crippen molar-refractivity contribution in [3.8, 4) is 5.75 Å². The van der Waals surface area contributed by atoms with Gasteiger partial charge in [0.15, 0.2) is 6.10 Å². The summed E-state index contributed by atoms with van der Waals surface area (Å²) in [5, 5.41) is 11.2. The predicted molar refractivity (Wildman–Crippen MR) is 107 cm³/mol. The number of halogens is 1. The van der Waals surface area contributed by atoms with Crippen LogP contribution in [0, 0.1) is 0 Å². The summed E-state index contributed by atoms with van der Waals surface area (Å²) < 4.78 is 6.05. The first-order chi connectivity index (χ1) is 13.8. The summed E-state index contributed by atoms with van der Waals surface area (Å²) in [4.78, 5) is 49.4. The maximum absolute atomic E-state index is 12.9. The molecule has 9 heteroatoms. The van der Waals surface area contributed by atoms with Crippen LogP contribution in [0.4, 0.5) is 10.5 Å². The van der Waals surface area contributed by atoms with Crippen molar-refractivity contribution in [2.45, 2.75) is 13.0 Å². The molecule has 0 unspecified atom stereocenters. The Bertz CT molecular complexity index is 1050. The molecule has 0 aliphatic carbocycles. The Labute approximate surface area is 173 Å². The number of carbonyl (C=O) groups excluding carboxylic acids is 3. The van der Waals surface area contributed by atoms with Gasteiger partial charge in [0.05, 0.1) is 5.69 Å². The summed E-state index contributed by atoms with van der Waals surface area (Å²) in [5.74, 6) is -2.64. The van der Waals surface area contributed by atoms with Crippen LogP contribution in [0.15, 0.2) is 58.6 Å². The number of aliphatic carboxylic acids is 1. The molecule has 3 rings (SSSR count). The molecular weight excluding hydrogens is 444 g/mol. The van der Waals surface area contributed by atoms with Gasteiger partial charge in [-0.25, -0.2) is 14.5 Å². The summed E-state index contributed by atoms with van der Waals surface area (Å²) in [7, 11) is 0. The molecule has 0 spiro atoms. The standard InChI is InChI=1S/C20H15BrN2O6/c1-11(19(26)27)29-16-8-3-2-5-12(16)9-15-17(24)22-20(28)23(18(15)25)14-7-4-6-13(21)10-14/h2-11H,1H3,(H,26,27)(H,22,24,28)/b15-9+/t11-/m1/s1. The molecule has 1 fully saturated rings. The molecule has 1 atom stereocenters. The lowest BCUT2D eigenvalue weighted by atomic mass is 10.1. The summed E-state index contributed by atoms with van der Waals surface area (Å²) in [6, 6.07) is 12.0. The van der Waals surface area contributed by atoms with E-state index < -0.39 is 29.9 Å². The molecule has 0 bridgehead atoms. The Morgan fingerprint density at radius 2 is 1.90 bits per heavy atom. The largest absolute Gasteiger partial charge is 0.479 e. The van der Waals surface area contributed by atoms with Crippen LogP contribution in [0.2, 0.25) is 0 Å². The van der Waals surface area contributed by atoms with Gasteiger partial charge in [-0.1, -0.05) is 40.2 Å². The van der Waals surface area contributed by atoms with E-state index in [-0.39, 0.29) is 17.0 Å². The fourth-order valence-electron chi connectivity index (χ4n) is 2.61. The van der Waals surface area contributed by atoms with Gasteiger partial charge in [0.1, 0.15) is 11.3 Å². The maximum atomic E-state index is 12.9. The molecule has 2 N–H and O–H groups in total. The van der Waals surface area contributed by atoms with Crippen LogP contribution < -0.4 is 15.0 Å². The highest BCUT2D eigenvalue weighted by Crippen LogP contribution is 2.27. The number of hydrogen-bond donors (Lipinski definition) is 2. The molecule has 1 aliphatic rings. The van der Waals surface area contributed by atoms with Gasteiger partial charge in [-0.3, -0.25) is 14.9 Å². The highest BCUT2D eigenvalue weighted by molar-refractivity contribution is 9.10. The number of amides is 4. The lowest BCUT2D eigenvalue weighted by Gasteiger charge is -2.26. The Morgan fingerprint density at radius 1 is 1.17 bits per heavy atom. The zero-order valence-electron chi connectivity index (χ0n) is 15.1. The molecule has 148 valence electrons. The van der Waals surface area contributed by atoms with E-state index >= 15 is 0 Å². The van der Waals surface area contributed by atoms with Crippen LogP contribution in [-0.2, 0) is 14.4 Å². The lowest BCUT2D eigenvalue weighted by Crippen LogP contribution is -2.54. The number of hydrogen-bond acceptors (Lipinski definition) is 5. The zero-order valence-corrected chi connectivity index (χ0v) is 16.7. The second-order valence-electron chi connectivity index (χ2n) is 6.07. The van der Waals surface area contributed by atoms with Crippen molar-refractivity contribution in [2.75, 3.05) is 4.90 Å². The molecular formula is C20H15BrN2O6. The number of carboxylic acids is 1. The average Bonchev–Trinajstić information content (AvgIpc) is 2.66. The van der Waals surface area contributed by atoms with Crippen LogP contribution in [0.5, 0.6) is 5.75 Å². The van der Waals surface area contributed by atoms with E-state index in [1.54, 1.807) is 42.5 Å². The number of barbiturate groups is 1. The molecule has 0 aromatic heterocycles. The summed E-state index contributed by atoms with van der Waals surface area (Å²) >= 11 is 3.28. The Hall–Kier alpha value is -3.46. The van der Waals surface area contributed by atoms with Crippen molar-refractivity contribution < 1.29 is 29.0 Å². The van der Waals surface area contributed by atoms with Crippen molar-refractivity contribution in [2.24, 2.45) is 0 Å². The van der Waals surface area contributed by atoms with Crippen LogP contribution in [0.1, 0.15) is 12.5 Å². The molecule has 0 saturated carbocycles. The second-order valence-corrected chi connectivity index (χ2v) is 6.99. The minimum atomic E-state index is -1.16. The fraction of sp³-hybridized carbons (Fsp3) is 0.100. The van der Waals surface area contributed by atoms with E-state index in [1.165, 1.54) is 19.1 Å². The van der Waals surface area contributed by atoms with Gasteiger partial charge in [-0.2, -0.15) is 0 Å². The van der Waals surface area contributed by atoms with Crippen molar-refractivity contribution in [1.82, 2.24) is 5.32 Å². The summed E-state index contributed by atoms with van der Waals surface area (Å²) in [6.45, 7) is 1.36. The molecule has 2 aromatic carbocycles. The van der Waals surface area contributed by atoms with E-state index in [2.05, 4.69) is 21.2 Å². The van der Waals surface area contributed by atoms with Gasteiger partial charge >= 0.3 is 12.0 Å². The van der Waals surface area contributed by atoms with E-state index in [4.69, 9.17) is 9.84 Å². The number of para-hydroxylation sites is 1.